The van der Waals surface area contributed by atoms with E-state index >= 15 is 0 Å². The summed E-state index contributed by atoms with van der Waals surface area (Å²) in [6.07, 6.45) is 7.05. The SMILES string of the molecule is C[C](O)C1CCCCC1. The van der Waals surface area contributed by atoms with Crippen LogP contribution in [0.5, 0.6) is 0 Å². The zero-order chi connectivity index (χ0) is 6.69. The van der Waals surface area contributed by atoms with Crippen LogP contribution in [-0.2, 0) is 0 Å². The number of hydrogen-bond acceptors (Lipinski definition) is 1. The smallest absolute Gasteiger partial charge is 0.0933 e. The molecule has 1 nitrogen and oxygen atoms in total. The van der Waals surface area contributed by atoms with Gasteiger partial charge in [-0.2, -0.15) is 0 Å². The van der Waals surface area contributed by atoms with Crippen molar-refractivity contribution in [1.29, 1.82) is 0 Å². The fraction of sp³-hybridized carbons (Fsp3) is 0.875. The zero-order valence-electron chi connectivity index (χ0n) is 6.06. The van der Waals surface area contributed by atoms with Gasteiger partial charge in [0.15, 0.2) is 0 Å². The molecule has 0 aromatic heterocycles. The maximum atomic E-state index is 9.09. The van der Waals surface area contributed by atoms with Gasteiger partial charge >= 0.3 is 0 Å². The highest BCUT2D eigenvalue weighted by Crippen LogP contribution is 2.29. The fourth-order valence-electron chi connectivity index (χ4n) is 1.52. The van der Waals surface area contributed by atoms with E-state index in [1.165, 1.54) is 32.1 Å². The molecular weight excluding hydrogens is 112 g/mol. The standard InChI is InChI=1S/C8H15O/c1-7(9)8-5-3-2-4-6-8/h8-9H,2-6H2,1H3. The predicted octanol–water partition coefficient (Wildman–Crippen LogP) is 2.49. The second-order valence-electron chi connectivity index (χ2n) is 2.98. The second-order valence-corrected chi connectivity index (χ2v) is 2.98. The van der Waals surface area contributed by atoms with Crippen LogP contribution < -0.4 is 0 Å². The van der Waals surface area contributed by atoms with Crippen LogP contribution in [0.25, 0.3) is 0 Å². The zero-order valence-corrected chi connectivity index (χ0v) is 6.06. The molecule has 0 aliphatic heterocycles. The fourth-order valence-corrected chi connectivity index (χ4v) is 1.52. The molecule has 1 rings (SSSR count). The van der Waals surface area contributed by atoms with Crippen LogP contribution >= 0.6 is 0 Å². The molecule has 1 aliphatic carbocycles. The van der Waals surface area contributed by atoms with Crippen molar-refractivity contribution in [3.63, 3.8) is 0 Å². The first-order chi connectivity index (χ1) is 4.30. The number of aliphatic hydroxyl groups is 1. The van der Waals surface area contributed by atoms with Crippen molar-refractivity contribution in [3.05, 3.63) is 6.10 Å². The first kappa shape index (κ1) is 7.07. The molecule has 1 radical (unpaired) electrons. The molecule has 0 aromatic rings. The highest BCUT2D eigenvalue weighted by atomic mass is 16.3. The lowest BCUT2D eigenvalue weighted by molar-refractivity contribution is 0.200. The van der Waals surface area contributed by atoms with Crippen LogP contribution in [0, 0.1) is 12.0 Å². The second kappa shape index (κ2) is 3.21. The third-order valence-corrected chi connectivity index (χ3v) is 2.20. The largest absolute Gasteiger partial charge is 0.387 e. The first-order valence-electron chi connectivity index (χ1n) is 3.83. The quantitative estimate of drug-likeness (QED) is 0.573. The highest BCUT2D eigenvalue weighted by molar-refractivity contribution is 4.81. The molecule has 1 saturated carbocycles. The minimum Gasteiger partial charge on any atom is -0.387 e. The summed E-state index contributed by atoms with van der Waals surface area (Å²) in [6.45, 7) is 1.83. The van der Waals surface area contributed by atoms with Crippen molar-refractivity contribution in [2.75, 3.05) is 0 Å². The minimum atomic E-state index is 0.527. The highest BCUT2D eigenvalue weighted by Gasteiger charge is 2.17. The molecule has 1 fully saturated rings. The third-order valence-electron chi connectivity index (χ3n) is 2.20. The lowest BCUT2D eigenvalue weighted by Gasteiger charge is -2.22. The van der Waals surface area contributed by atoms with Gasteiger partial charge in [-0.25, -0.2) is 0 Å². The average Bonchev–Trinajstić information content (AvgIpc) is 1.90. The van der Waals surface area contributed by atoms with Gasteiger partial charge in [0.1, 0.15) is 0 Å². The van der Waals surface area contributed by atoms with Crippen LogP contribution in [0.2, 0.25) is 0 Å². The number of rotatable bonds is 1. The van der Waals surface area contributed by atoms with Gasteiger partial charge in [0.25, 0.3) is 0 Å². The molecule has 0 spiro atoms. The minimum absolute atomic E-state index is 0.527. The molecule has 0 atom stereocenters. The van der Waals surface area contributed by atoms with Gasteiger partial charge in [-0.3, -0.25) is 0 Å². The maximum Gasteiger partial charge on any atom is 0.0933 e. The summed E-state index contributed by atoms with van der Waals surface area (Å²) in [5.74, 6) is 0.527. The van der Waals surface area contributed by atoms with Crippen molar-refractivity contribution in [1.82, 2.24) is 0 Å². The summed E-state index contributed by atoms with van der Waals surface area (Å²) in [7, 11) is 0. The van der Waals surface area contributed by atoms with E-state index in [2.05, 4.69) is 0 Å². The monoisotopic (exact) mass is 127 g/mol. The van der Waals surface area contributed by atoms with Crippen molar-refractivity contribution >= 4 is 0 Å². The average molecular weight is 127 g/mol. The Balaban J connectivity index is 2.23. The number of hydrogen-bond donors (Lipinski definition) is 1. The summed E-state index contributed by atoms with van der Waals surface area (Å²) < 4.78 is 0. The van der Waals surface area contributed by atoms with Crippen molar-refractivity contribution in [2.45, 2.75) is 39.0 Å². The van der Waals surface area contributed by atoms with Gasteiger partial charge in [0.05, 0.1) is 6.10 Å². The molecule has 0 amide bonds. The van der Waals surface area contributed by atoms with Crippen LogP contribution in [-0.4, -0.2) is 5.11 Å². The predicted molar refractivity (Wildman–Crippen MR) is 37.4 cm³/mol. The Bertz CT molecular complexity index is 72.6. The van der Waals surface area contributed by atoms with E-state index in [4.69, 9.17) is 5.11 Å². The van der Waals surface area contributed by atoms with Crippen molar-refractivity contribution in [3.8, 4) is 0 Å². The molecule has 9 heavy (non-hydrogen) atoms. The Morgan fingerprint density at radius 2 is 1.78 bits per heavy atom. The first-order valence-corrected chi connectivity index (χ1v) is 3.83. The Kier molecular flexibility index (Phi) is 2.52. The van der Waals surface area contributed by atoms with Gasteiger partial charge in [-0.15, -0.1) is 0 Å². The van der Waals surface area contributed by atoms with Gasteiger partial charge in [0.2, 0.25) is 0 Å². The van der Waals surface area contributed by atoms with Crippen molar-refractivity contribution < 1.29 is 5.11 Å². The molecule has 1 heteroatoms. The molecule has 0 saturated heterocycles. The van der Waals surface area contributed by atoms with E-state index in [0.717, 1.165) is 0 Å². The van der Waals surface area contributed by atoms with Crippen LogP contribution in [0.15, 0.2) is 0 Å². The molecule has 0 unspecified atom stereocenters. The number of aliphatic hydroxyl groups excluding tert-OH is 1. The summed E-state index contributed by atoms with van der Waals surface area (Å²) in [5.41, 5.74) is 0. The van der Waals surface area contributed by atoms with Gasteiger partial charge in [-0.05, 0) is 25.7 Å². The Morgan fingerprint density at radius 3 is 2.11 bits per heavy atom. The van der Waals surface area contributed by atoms with Gasteiger partial charge < -0.3 is 5.11 Å². The van der Waals surface area contributed by atoms with E-state index in [9.17, 15) is 0 Å². The summed E-state index contributed by atoms with van der Waals surface area (Å²) in [5, 5.41) is 9.09. The van der Waals surface area contributed by atoms with E-state index in [1.54, 1.807) is 0 Å². The van der Waals surface area contributed by atoms with Gasteiger partial charge in [-0.1, -0.05) is 19.3 Å². The normalized spacial score (nSPS) is 23.0. The maximum absolute atomic E-state index is 9.09. The topological polar surface area (TPSA) is 20.2 Å². The van der Waals surface area contributed by atoms with E-state index in [0.29, 0.717) is 12.0 Å². The molecule has 0 aromatic carbocycles. The molecule has 1 aliphatic rings. The van der Waals surface area contributed by atoms with E-state index < -0.39 is 0 Å². The summed E-state index contributed by atoms with van der Waals surface area (Å²) >= 11 is 0. The third kappa shape index (κ3) is 1.98. The van der Waals surface area contributed by atoms with E-state index in [1.807, 2.05) is 6.92 Å². The molecular formula is C8H15O. The Hall–Kier alpha value is -0.0400. The molecule has 0 bridgehead atoms. The van der Waals surface area contributed by atoms with Crippen molar-refractivity contribution in [2.24, 2.45) is 5.92 Å². The lowest BCUT2D eigenvalue weighted by atomic mass is 9.86. The summed E-state index contributed by atoms with van der Waals surface area (Å²) in [4.78, 5) is 0. The molecule has 1 N–H and O–H groups in total. The lowest BCUT2D eigenvalue weighted by Crippen LogP contribution is -2.12. The van der Waals surface area contributed by atoms with E-state index in [-0.39, 0.29) is 0 Å². The van der Waals surface area contributed by atoms with Crippen LogP contribution in [0.3, 0.4) is 0 Å². The molecule has 53 valence electrons. The van der Waals surface area contributed by atoms with Crippen LogP contribution in [0.4, 0.5) is 0 Å². The Labute approximate surface area is 57.1 Å². The Morgan fingerprint density at radius 1 is 1.22 bits per heavy atom. The summed E-state index contributed by atoms with van der Waals surface area (Å²) in [6, 6.07) is 0. The molecule has 0 heterocycles. The van der Waals surface area contributed by atoms with Crippen LogP contribution in [0.1, 0.15) is 39.0 Å². The van der Waals surface area contributed by atoms with Gasteiger partial charge in [0, 0.05) is 0 Å².